The van der Waals surface area contributed by atoms with Gasteiger partial charge in [-0.1, -0.05) is 12.1 Å². The van der Waals surface area contributed by atoms with Crippen LogP contribution in [0, 0.1) is 17.0 Å². The van der Waals surface area contributed by atoms with Crippen LogP contribution in [-0.4, -0.2) is 42.1 Å². The van der Waals surface area contributed by atoms with E-state index in [0.717, 1.165) is 51.5 Å². The van der Waals surface area contributed by atoms with Gasteiger partial charge in [0.25, 0.3) is 5.91 Å². The van der Waals surface area contributed by atoms with Gasteiger partial charge in [-0.2, -0.15) is 4.39 Å². The van der Waals surface area contributed by atoms with Crippen LogP contribution < -0.4 is 5.32 Å². The first-order valence-electron chi connectivity index (χ1n) is 9.26. The number of phenolic OH excluding ortho intramolecular Hbond substituents is 1. The summed E-state index contributed by atoms with van der Waals surface area (Å²) in [6.45, 7) is 3.42. The summed E-state index contributed by atoms with van der Waals surface area (Å²) >= 11 is 0. The molecule has 1 atom stereocenters. The van der Waals surface area contributed by atoms with Gasteiger partial charge in [0, 0.05) is 30.6 Å². The number of aromatic hydroxyl groups is 1. The maximum atomic E-state index is 13.6. The van der Waals surface area contributed by atoms with E-state index in [1.54, 1.807) is 24.3 Å². The van der Waals surface area contributed by atoms with E-state index in [1.165, 1.54) is 6.07 Å². The zero-order valence-electron chi connectivity index (χ0n) is 15.4. The van der Waals surface area contributed by atoms with Gasteiger partial charge >= 0.3 is 0 Å². The molecule has 0 aliphatic carbocycles. The Bertz CT molecular complexity index is 861. The Labute approximate surface area is 169 Å². The molecule has 2 saturated heterocycles. The second-order valence-electron chi connectivity index (χ2n) is 7.63. The fourth-order valence-electron chi connectivity index (χ4n) is 4.28. The van der Waals surface area contributed by atoms with Gasteiger partial charge in [-0.15, -0.1) is 12.4 Å². The van der Waals surface area contributed by atoms with Crippen molar-refractivity contribution >= 4 is 18.3 Å². The molecule has 0 radical (unpaired) electrons. The predicted molar refractivity (Wildman–Crippen MR) is 106 cm³/mol. The van der Waals surface area contributed by atoms with Crippen LogP contribution >= 0.6 is 12.4 Å². The first kappa shape index (κ1) is 20.6. The molecule has 2 aromatic carbocycles. The molecule has 0 saturated carbocycles. The van der Waals surface area contributed by atoms with E-state index >= 15 is 0 Å². The van der Waals surface area contributed by atoms with Crippen LogP contribution in [0.4, 0.5) is 8.78 Å². The molecule has 28 heavy (non-hydrogen) atoms. The average Bonchev–Trinajstić information content (AvgIpc) is 3.12. The highest BCUT2D eigenvalue weighted by Gasteiger charge is 2.39. The van der Waals surface area contributed by atoms with Gasteiger partial charge in [0.2, 0.25) is 0 Å². The van der Waals surface area contributed by atoms with E-state index in [2.05, 4.69) is 5.32 Å². The number of carbonyl (C=O) groups excluding carboxylic acids is 1. The van der Waals surface area contributed by atoms with Crippen LogP contribution in [0.1, 0.15) is 29.6 Å². The van der Waals surface area contributed by atoms with E-state index < -0.39 is 17.4 Å². The lowest BCUT2D eigenvalue weighted by atomic mass is 9.79. The Kier molecular flexibility index (Phi) is 5.91. The number of hydrogen-bond donors (Lipinski definition) is 2. The van der Waals surface area contributed by atoms with E-state index in [9.17, 15) is 18.7 Å². The number of benzene rings is 2. The number of nitrogens with one attached hydrogen (secondary N) is 1. The van der Waals surface area contributed by atoms with Crippen LogP contribution in [-0.2, 0) is 0 Å². The standard InChI is InChI=1S/C21H22F2N2O2.ClH/c22-17-10-16(11-18(26)19(17)23)14-3-1-4-15(9-14)20(27)25-8-2-5-21(13-25)6-7-24-12-21;/h1,3-4,9-11,24,26H,2,5-8,12-13H2;1H. The monoisotopic (exact) mass is 408 g/mol. The van der Waals surface area contributed by atoms with Crippen LogP contribution in [0.25, 0.3) is 11.1 Å². The second-order valence-corrected chi connectivity index (χ2v) is 7.63. The summed E-state index contributed by atoms with van der Waals surface area (Å²) in [5.74, 6) is -3.17. The Morgan fingerprint density at radius 1 is 1.14 bits per heavy atom. The van der Waals surface area contributed by atoms with Gasteiger partial charge in [0.1, 0.15) is 0 Å². The summed E-state index contributed by atoms with van der Waals surface area (Å²) in [5.41, 5.74) is 1.58. The molecule has 2 heterocycles. The quantitative estimate of drug-likeness (QED) is 0.790. The van der Waals surface area contributed by atoms with Crippen molar-refractivity contribution in [2.45, 2.75) is 19.3 Å². The Morgan fingerprint density at radius 3 is 2.68 bits per heavy atom. The van der Waals surface area contributed by atoms with Crippen molar-refractivity contribution in [2.75, 3.05) is 26.2 Å². The van der Waals surface area contributed by atoms with Gasteiger partial charge in [0.05, 0.1) is 0 Å². The van der Waals surface area contributed by atoms with Gasteiger partial charge < -0.3 is 15.3 Å². The number of likely N-dealkylation sites (tertiary alicyclic amines) is 1. The molecule has 1 unspecified atom stereocenters. The highest BCUT2D eigenvalue weighted by molar-refractivity contribution is 5.95. The van der Waals surface area contributed by atoms with Gasteiger partial charge in [0.15, 0.2) is 17.4 Å². The Morgan fingerprint density at radius 2 is 1.96 bits per heavy atom. The topological polar surface area (TPSA) is 52.6 Å². The molecular formula is C21H23ClF2N2O2. The lowest BCUT2D eigenvalue weighted by molar-refractivity contribution is 0.0553. The first-order chi connectivity index (χ1) is 13.0. The van der Waals surface area contributed by atoms with Crippen molar-refractivity contribution in [3.63, 3.8) is 0 Å². The largest absolute Gasteiger partial charge is 0.505 e. The number of carbonyl (C=O) groups is 1. The lowest BCUT2D eigenvalue weighted by Crippen LogP contribution is -2.47. The fraction of sp³-hybridized carbons (Fsp3) is 0.381. The number of piperidine rings is 1. The number of nitrogens with zero attached hydrogens (tertiary/aromatic N) is 1. The molecule has 2 fully saturated rings. The molecule has 2 aliphatic rings. The van der Waals surface area contributed by atoms with E-state index in [4.69, 9.17) is 0 Å². The van der Waals surface area contributed by atoms with Crippen molar-refractivity contribution in [1.82, 2.24) is 10.2 Å². The SMILES string of the molecule is Cl.O=C(c1cccc(-c2cc(O)c(F)c(F)c2)c1)N1CCCC2(CCNC2)C1. The number of halogens is 3. The minimum absolute atomic E-state index is 0. The first-order valence-corrected chi connectivity index (χ1v) is 9.26. The maximum absolute atomic E-state index is 13.6. The smallest absolute Gasteiger partial charge is 0.253 e. The third-order valence-corrected chi connectivity index (χ3v) is 5.73. The molecule has 2 aromatic rings. The van der Waals surface area contributed by atoms with E-state index in [-0.39, 0.29) is 23.7 Å². The van der Waals surface area contributed by atoms with Gasteiger partial charge in [-0.25, -0.2) is 4.39 Å². The molecule has 2 aliphatic heterocycles. The molecule has 4 nitrogen and oxygen atoms in total. The molecular weight excluding hydrogens is 386 g/mol. The summed E-state index contributed by atoms with van der Waals surface area (Å²) in [7, 11) is 0. The minimum atomic E-state index is -1.27. The Balaban J connectivity index is 0.00000225. The summed E-state index contributed by atoms with van der Waals surface area (Å²) in [6.07, 6.45) is 3.22. The second kappa shape index (κ2) is 8.05. The van der Waals surface area contributed by atoms with Crippen LogP contribution in [0.2, 0.25) is 0 Å². The van der Waals surface area contributed by atoms with Crippen molar-refractivity contribution in [3.8, 4) is 16.9 Å². The molecule has 1 amide bonds. The molecule has 0 aromatic heterocycles. The van der Waals surface area contributed by atoms with Gasteiger partial charge in [-0.05, 0) is 61.2 Å². The van der Waals surface area contributed by atoms with E-state index in [0.29, 0.717) is 16.7 Å². The molecule has 0 bridgehead atoms. The van der Waals surface area contributed by atoms with Crippen molar-refractivity contribution in [1.29, 1.82) is 0 Å². The summed E-state index contributed by atoms with van der Waals surface area (Å²) in [6, 6.07) is 9.03. The van der Waals surface area contributed by atoms with E-state index in [1.807, 2.05) is 4.90 Å². The number of hydrogen-bond acceptors (Lipinski definition) is 3. The Hall–Kier alpha value is -2.18. The molecule has 4 rings (SSSR count). The number of phenols is 1. The van der Waals surface area contributed by atoms with Crippen molar-refractivity contribution in [3.05, 3.63) is 53.6 Å². The molecule has 1 spiro atoms. The molecule has 7 heteroatoms. The zero-order chi connectivity index (χ0) is 19.0. The molecule has 150 valence electrons. The van der Waals surface area contributed by atoms with Crippen LogP contribution in [0.3, 0.4) is 0 Å². The third-order valence-electron chi connectivity index (χ3n) is 5.73. The average molecular weight is 409 g/mol. The third kappa shape index (κ3) is 3.84. The predicted octanol–water partition coefficient (Wildman–Crippen LogP) is 3.97. The number of rotatable bonds is 2. The highest BCUT2D eigenvalue weighted by atomic mass is 35.5. The normalized spacial score (nSPS) is 21.6. The summed E-state index contributed by atoms with van der Waals surface area (Å²) in [5, 5.41) is 12.9. The van der Waals surface area contributed by atoms with Crippen molar-refractivity contribution in [2.24, 2.45) is 5.41 Å². The summed E-state index contributed by atoms with van der Waals surface area (Å²) in [4.78, 5) is 14.9. The fourth-order valence-corrected chi connectivity index (χ4v) is 4.28. The van der Waals surface area contributed by atoms with Crippen LogP contribution in [0.15, 0.2) is 36.4 Å². The van der Waals surface area contributed by atoms with Crippen molar-refractivity contribution < 1.29 is 18.7 Å². The highest BCUT2D eigenvalue weighted by Crippen LogP contribution is 2.36. The van der Waals surface area contributed by atoms with Gasteiger partial charge in [-0.3, -0.25) is 4.79 Å². The summed E-state index contributed by atoms with van der Waals surface area (Å²) < 4.78 is 27.0. The minimum Gasteiger partial charge on any atom is -0.505 e. The maximum Gasteiger partial charge on any atom is 0.253 e. The lowest BCUT2D eigenvalue weighted by Gasteiger charge is -2.40. The zero-order valence-corrected chi connectivity index (χ0v) is 16.2. The van der Waals surface area contributed by atoms with Crippen LogP contribution in [0.5, 0.6) is 5.75 Å². The molecule has 2 N–H and O–H groups in total. The number of amides is 1.